The Morgan fingerprint density at radius 2 is 1.85 bits per heavy atom. The molecule has 0 aliphatic heterocycles. The fraction of sp³-hybridized carbons (Fsp3) is 0.556. The first-order valence-electron chi connectivity index (χ1n) is 4.49. The summed E-state index contributed by atoms with van der Waals surface area (Å²) in [6, 6.07) is 0.441. The molecule has 1 aliphatic rings. The maximum absolute atomic E-state index is 5.65. The van der Waals surface area contributed by atoms with Gasteiger partial charge >= 0.3 is 6.01 Å². The van der Waals surface area contributed by atoms with Crippen molar-refractivity contribution in [3.8, 4) is 6.01 Å². The molecule has 2 rings (SSSR count). The molecule has 1 aromatic rings. The Hall–Kier alpha value is -0.830. The highest BCUT2D eigenvalue weighted by molar-refractivity contribution is 6.30. The second-order valence-corrected chi connectivity index (χ2v) is 3.64. The van der Waals surface area contributed by atoms with Crippen molar-refractivity contribution in [3.05, 3.63) is 17.4 Å². The van der Waals surface area contributed by atoms with Gasteiger partial charge in [-0.05, 0) is 25.7 Å². The molecule has 1 saturated carbocycles. The van der Waals surface area contributed by atoms with Crippen molar-refractivity contribution in [3.63, 3.8) is 0 Å². The van der Waals surface area contributed by atoms with E-state index in [4.69, 9.17) is 16.3 Å². The van der Waals surface area contributed by atoms with Crippen molar-refractivity contribution in [2.75, 3.05) is 0 Å². The minimum absolute atomic E-state index is 0.307. The molecule has 0 saturated heterocycles. The standard InChI is InChI=1S/C9H11ClN2O/c10-7-5-11-9(12-6-7)13-8-3-1-2-4-8/h5-6,8H,1-4H2. The van der Waals surface area contributed by atoms with Crippen LogP contribution in [0.25, 0.3) is 0 Å². The molecule has 0 amide bonds. The van der Waals surface area contributed by atoms with E-state index < -0.39 is 0 Å². The van der Waals surface area contributed by atoms with Gasteiger partial charge < -0.3 is 4.74 Å². The van der Waals surface area contributed by atoms with E-state index in [1.165, 1.54) is 12.8 Å². The first-order valence-corrected chi connectivity index (χ1v) is 4.86. The fourth-order valence-corrected chi connectivity index (χ4v) is 1.61. The van der Waals surface area contributed by atoms with Gasteiger partial charge in [0.1, 0.15) is 6.10 Å². The van der Waals surface area contributed by atoms with E-state index in [9.17, 15) is 0 Å². The second kappa shape index (κ2) is 3.92. The summed E-state index contributed by atoms with van der Waals surface area (Å²) in [5.41, 5.74) is 0. The lowest BCUT2D eigenvalue weighted by atomic mass is 10.3. The SMILES string of the molecule is Clc1cnc(OC2CCCC2)nc1. The van der Waals surface area contributed by atoms with Gasteiger partial charge in [0.15, 0.2) is 0 Å². The summed E-state index contributed by atoms with van der Waals surface area (Å²) >= 11 is 5.65. The zero-order chi connectivity index (χ0) is 9.10. The molecule has 0 unspecified atom stereocenters. The molecule has 0 N–H and O–H groups in total. The predicted octanol–water partition coefficient (Wildman–Crippen LogP) is 2.45. The Kier molecular flexibility index (Phi) is 2.64. The number of hydrogen-bond donors (Lipinski definition) is 0. The molecule has 4 heteroatoms. The molecule has 3 nitrogen and oxygen atoms in total. The van der Waals surface area contributed by atoms with Gasteiger partial charge in [-0.2, -0.15) is 0 Å². The third kappa shape index (κ3) is 2.31. The summed E-state index contributed by atoms with van der Waals surface area (Å²) in [5.74, 6) is 0. The fourth-order valence-electron chi connectivity index (χ4n) is 1.52. The zero-order valence-corrected chi connectivity index (χ0v) is 8.00. The molecule has 70 valence electrons. The largest absolute Gasteiger partial charge is 0.460 e. The molecule has 0 bridgehead atoms. The molecule has 0 spiro atoms. The topological polar surface area (TPSA) is 35.0 Å². The van der Waals surface area contributed by atoms with Crippen LogP contribution in [-0.2, 0) is 0 Å². The van der Waals surface area contributed by atoms with Gasteiger partial charge in [-0.3, -0.25) is 0 Å². The minimum atomic E-state index is 0.307. The van der Waals surface area contributed by atoms with Crippen molar-refractivity contribution in [2.45, 2.75) is 31.8 Å². The first-order chi connectivity index (χ1) is 6.34. The van der Waals surface area contributed by atoms with Crippen LogP contribution in [0.5, 0.6) is 6.01 Å². The van der Waals surface area contributed by atoms with Gasteiger partial charge in [0.05, 0.1) is 17.4 Å². The predicted molar refractivity (Wildman–Crippen MR) is 49.9 cm³/mol. The lowest BCUT2D eigenvalue weighted by molar-refractivity contribution is 0.192. The molecule has 1 fully saturated rings. The second-order valence-electron chi connectivity index (χ2n) is 3.21. The number of nitrogens with zero attached hydrogens (tertiary/aromatic N) is 2. The summed E-state index contributed by atoms with van der Waals surface area (Å²) in [6.45, 7) is 0. The summed E-state index contributed by atoms with van der Waals surface area (Å²) in [7, 11) is 0. The van der Waals surface area contributed by atoms with E-state index in [0.29, 0.717) is 17.1 Å². The van der Waals surface area contributed by atoms with E-state index in [1.807, 2.05) is 0 Å². The van der Waals surface area contributed by atoms with Crippen LogP contribution in [0, 0.1) is 0 Å². The van der Waals surface area contributed by atoms with Crippen molar-refractivity contribution in [1.82, 2.24) is 9.97 Å². The molecule has 1 aromatic heterocycles. The molecule has 0 atom stereocenters. The van der Waals surface area contributed by atoms with Crippen LogP contribution in [-0.4, -0.2) is 16.1 Å². The van der Waals surface area contributed by atoms with Crippen LogP contribution in [0.3, 0.4) is 0 Å². The molecule has 0 aromatic carbocycles. The molecular weight excluding hydrogens is 188 g/mol. The zero-order valence-electron chi connectivity index (χ0n) is 7.24. The Balaban J connectivity index is 1.97. The Morgan fingerprint density at radius 1 is 1.23 bits per heavy atom. The third-order valence-electron chi connectivity index (χ3n) is 2.17. The third-order valence-corrected chi connectivity index (χ3v) is 2.37. The van der Waals surface area contributed by atoms with Crippen molar-refractivity contribution < 1.29 is 4.74 Å². The number of hydrogen-bond acceptors (Lipinski definition) is 3. The average molecular weight is 199 g/mol. The Bertz CT molecular complexity index is 269. The first kappa shape index (κ1) is 8.75. The quantitative estimate of drug-likeness (QED) is 0.732. The van der Waals surface area contributed by atoms with E-state index in [0.717, 1.165) is 12.8 Å². The lowest BCUT2D eigenvalue weighted by Gasteiger charge is -2.09. The van der Waals surface area contributed by atoms with Crippen LogP contribution < -0.4 is 4.74 Å². The van der Waals surface area contributed by atoms with E-state index >= 15 is 0 Å². The molecular formula is C9H11ClN2O. The van der Waals surface area contributed by atoms with Gasteiger partial charge in [0.2, 0.25) is 0 Å². The Labute approximate surface area is 82.1 Å². The van der Waals surface area contributed by atoms with Crippen LogP contribution in [0.4, 0.5) is 0 Å². The molecule has 13 heavy (non-hydrogen) atoms. The molecule has 1 heterocycles. The Morgan fingerprint density at radius 3 is 2.46 bits per heavy atom. The number of ether oxygens (including phenoxy) is 1. The van der Waals surface area contributed by atoms with E-state index in [-0.39, 0.29) is 0 Å². The number of aromatic nitrogens is 2. The van der Waals surface area contributed by atoms with Crippen LogP contribution in [0.1, 0.15) is 25.7 Å². The smallest absolute Gasteiger partial charge is 0.316 e. The van der Waals surface area contributed by atoms with Gasteiger partial charge in [0.25, 0.3) is 0 Å². The lowest BCUT2D eigenvalue weighted by Crippen LogP contribution is -2.12. The summed E-state index contributed by atoms with van der Waals surface area (Å²) < 4.78 is 5.55. The van der Waals surface area contributed by atoms with Gasteiger partial charge in [-0.25, -0.2) is 9.97 Å². The van der Waals surface area contributed by atoms with Crippen LogP contribution >= 0.6 is 11.6 Å². The maximum Gasteiger partial charge on any atom is 0.316 e. The highest BCUT2D eigenvalue weighted by atomic mass is 35.5. The highest BCUT2D eigenvalue weighted by Gasteiger charge is 2.17. The van der Waals surface area contributed by atoms with Crippen molar-refractivity contribution >= 4 is 11.6 Å². The normalized spacial score (nSPS) is 17.6. The minimum Gasteiger partial charge on any atom is -0.460 e. The number of rotatable bonds is 2. The van der Waals surface area contributed by atoms with E-state index in [2.05, 4.69) is 9.97 Å². The maximum atomic E-state index is 5.65. The number of halogens is 1. The molecule has 1 aliphatic carbocycles. The van der Waals surface area contributed by atoms with Gasteiger partial charge in [-0.15, -0.1) is 0 Å². The average Bonchev–Trinajstić information content (AvgIpc) is 2.62. The highest BCUT2D eigenvalue weighted by Crippen LogP contribution is 2.21. The van der Waals surface area contributed by atoms with Crippen molar-refractivity contribution in [1.29, 1.82) is 0 Å². The van der Waals surface area contributed by atoms with Crippen LogP contribution in [0.2, 0.25) is 5.02 Å². The summed E-state index contributed by atoms with van der Waals surface area (Å²) in [6.07, 6.45) is 8.15. The summed E-state index contributed by atoms with van der Waals surface area (Å²) in [5, 5.41) is 0.541. The van der Waals surface area contributed by atoms with Crippen molar-refractivity contribution in [2.24, 2.45) is 0 Å². The monoisotopic (exact) mass is 198 g/mol. The van der Waals surface area contributed by atoms with Crippen LogP contribution in [0.15, 0.2) is 12.4 Å². The van der Waals surface area contributed by atoms with Gasteiger partial charge in [0, 0.05) is 0 Å². The summed E-state index contributed by atoms with van der Waals surface area (Å²) in [4.78, 5) is 7.95. The van der Waals surface area contributed by atoms with Gasteiger partial charge in [-0.1, -0.05) is 11.6 Å². The molecule has 0 radical (unpaired) electrons. The van der Waals surface area contributed by atoms with E-state index in [1.54, 1.807) is 12.4 Å².